The molecular weight excluding hydrogens is 336 g/mol. The first-order chi connectivity index (χ1) is 12.6. The minimum Gasteiger partial charge on any atom is -0.119 e. The SMILES string of the molecule is CCCCCCCCCCCCCCC(C)C(C)(Cl)Cc1ccccc1. The molecular formula is C25H43Cl. The highest BCUT2D eigenvalue weighted by molar-refractivity contribution is 6.24. The molecule has 0 heterocycles. The lowest BCUT2D eigenvalue weighted by Gasteiger charge is -2.29. The molecule has 0 spiro atoms. The number of hydrogen-bond acceptors (Lipinski definition) is 0. The normalized spacial score (nSPS) is 14.9. The van der Waals surface area contributed by atoms with Gasteiger partial charge in [-0.2, -0.15) is 0 Å². The first kappa shape index (κ1) is 23.5. The average Bonchev–Trinajstić information content (AvgIpc) is 2.63. The van der Waals surface area contributed by atoms with Gasteiger partial charge in [0, 0.05) is 4.87 Å². The van der Waals surface area contributed by atoms with E-state index in [1.807, 2.05) is 0 Å². The molecule has 0 fully saturated rings. The van der Waals surface area contributed by atoms with Crippen molar-refractivity contribution in [3.05, 3.63) is 35.9 Å². The molecule has 1 aromatic carbocycles. The van der Waals surface area contributed by atoms with Crippen LogP contribution in [0.25, 0.3) is 0 Å². The lowest BCUT2D eigenvalue weighted by atomic mass is 9.85. The summed E-state index contributed by atoms with van der Waals surface area (Å²) in [6.07, 6.45) is 19.2. The first-order valence-electron chi connectivity index (χ1n) is 11.3. The van der Waals surface area contributed by atoms with E-state index in [1.54, 1.807) is 0 Å². The molecule has 150 valence electrons. The number of alkyl halides is 1. The fourth-order valence-corrected chi connectivity index (χ4v) is 4.03. The van der Waals surface area contributed by atoms with E-state index in [-0.39, 0.29) is 4.87 Å². The smallest absolute Gasteiger partial charge is 0.0484 e. The Hall–Kier alpha value is -0.490. The third-order valence-corrected chi connectivity index (χ3v) is 6.42. The standard InChI is InChI=1S/C25H43Cl/c1-4-5-6-7-8-9-10-11-12-13-14-16-19-23(2)25(3,26)22-24-20-17-15-18-21-24/h15,17-18,20-21,23H,4-14,16,19,22H2,1-3H3. The Labute approximate surface area is 169 Å². The molecule has 0 amide bonds. The van der Waals surface area contributed by atoms with Gasteiger partial charge in [0.1, 0.15) is 0 Å². The van der Waals surface area contributed by atoms with Crippen LogP contribution in [0.1, 0.15) is 110 Å². The third-order valence-electron chi connectivity index (χ3n) is 5.91. The Morgan fingerprint density at radius 3 is 1.73 bits per heavy atom. The summed E-state index contributed by atoms with van der Waals surface area (Å²) in [4.78, 5) is -0.126. The van der Waals surface area contributed by atoms with Crippen molar-refractivity contribution in [3.63, 3.8) is 0 Å². The lowest BCUT2D eigenvalue weighted by Crippen LogP contribution is -2.29. The Kier molecular flexibility index (Phi) is 13.2. The Balaban J connectivity index is 1.99. The second-order valence-corrected chi connectivity index (χ2v) is 9.38. The zero-order valence-electron chi connectivity index (χ0n) is 17.7. The molecule has 0 aliphatic rings. The topological polar surface area (TPSA) is 0 Å². The highest BCUT2D eigenvalue weighted by Gasteiger charge is 2.28. The number of halogens is 1. The molecule has 0 nitrogen and oxygen atoms in total. The van der Waals surface area contributed by atoms with Gasteiger partial charge in [0.2, 0.25) is 0 Å². The summed E-state index contributed by atoms with van der Waals surface area (Å²) in [5.74, 6) is 0.562. The van der Waals surface area contributed by atoms with Gasteiger partial charge in [0.15, 0.2) is 0 Å². The van der Waals surface area contributed by atoms with Crippen molar-refractivity contribution in [2.75, 3.05) is 0 Å². The predicted molar refractivity (Wildman–Crippen MR) is 119 cm³/mol. The van der Waals surface area contributed by atoms with Gasteiger partial charge in [-0.25, -0.2) is 0 Å². The Bertz CT molecular complexity index is 423. The quantitative estimate of drug-likeness (QED) is 0.199. The molecule has 0 radical (unpaired) electrons. The highest BCUT2D eigenvalue weighted by atomic mass is 35.5. The van der Waals surface area contributed by atoms with Gasteiger partial charge in [-0.15, -0.1) is 11.6 Å². The van der Waals surface area contributed by atoms with E-state index in [1.165, 1.54) is 89.0 Å². The summed E-state index contributed by atoms with van der Waals surface area (Å²) < 4.78 is 0. The van der Waals surface area contributed by atoms with Crippen LogP contribution in [0, 0.1) is 5.92 Å². The van der Waals surface area contributed by atoms with E-state index in [0.29, 0.717) is 5.92 Å². The molecule has 1 aromatic rings. The summed E-state index contributed by atoms with van der Waals surface area (Å²) in [5, 5.41) is 0. The predicted octanol–water partition coefficient (Wildman–Crippen LogP) is 8.95. The van der Waals surface area contributed by atoms with Crippen LogP contribution in [0.5, 0.6) is 0 Å². The molecule has 0 aliphatic heterocycles. The summed E-state index contributed by atoms with van der Waals surface area (Å²) in [5.41, 5.74) is 1.35. The summed E-state index contributed by atoms with van der Waals surface area (Å²) in [6, 6.07) is 10.7. The molecule has 0 aliphatic carbocycles. The van der Waals surface area contributed by atoms with Gasteiger partial charge < -0.3 is 0 Å². The van der Waals surface area contributed by atoms with Gasteiger partial charge in [-0.3, -0.25) is 0 Å². The maximum atomic E-state index is 6.86. The van der Waals surface area contributed by atoms with Crippen molar-refractivity contribution in [1.82, 2.24) is 0 Å². The maximum absolute atomic E-state index is 6.86. The monoisotopic (exact) mass is 378 g/mol. The third kappa shape index (κ3) is 11.3. The van der Waals surface area contributed by atoms with E-state index >= 15 is 0 Å². The van der Waals surface area contributed by atoms with E-state index in [4.69, 9.17) is 11.6 Å². The van der Waals surface area contributed by atoms with Crippen LogP contribution in [0.15, 0.2) is 30.3 Å². The average molecular weight is 379 g/mol. The second kappa shape index (κ2) is 14.6. The lowest BCUT2D eigenvalue weighted by molar-refractivity contribution is 0.376. The van der Waals surface area contributed by atoms with Crippen molar-refractivity contribution in [2.45, 2.75) is 116 Å². The molecule has 1 heteroatoms. The maximum Gasteiger partial charge on any atom is 0.0484 e. The molecule has 1 rings (SSSR count). The zero-order valence-corrected chi connectivity index (χ0v) is 18.5. The van der Waals surface area contributed by atoms with E-state index < -0.39 is 0 Å². The molecule has 0 saturated heterocycles. The van der Waals surface area contributed by atoms with Crippen LogP contribution in [-0.2, 0) is 6.42 Å². The van der Waals surface area contributed by atoms with Crippen LogP contribution in [0.2, 0.25) is 0 Å². The van der Waals surface area contributed by atoms with Crippen LogP contribution in [-0.4, -0.2) is 4.87 Å². The van der Waals surface area contributed by atoms with Gasteiger partial charge in [-0.1, -0.05) is 121 Å². The molecule has 0 saturated carbocycles. The van der Waals surface area contributed by atoms with Gasteiger partial charge in [0.05, 0.1) is 0 Å². The number of hydrogen-bond donors (Lipinski definition) is 0. The van der Waals surface area contributed by atoms with Gasteiger partial charge >= 0.3 is 0 Å². The minimum atomic E-state index is -0.126. The van der Waals surface area contributed by atoms with Crippen LogP contribution < -0.4 is 0 Å². The molecule has 2 unspecified atom stereocenters. The molecule has 0 bridgehead atoms. The summed E-state index contributed by atoms with van der Waals surface area (Å²) in [7, 11) is 0. The fourth-order valence-electron chi connectivity index (χ4n) is 3.76. The largest absolute Gasteiger partial charge is 0.119 e. The molecule has 2 atom stereocenters. The number of rotatable bonds is 16. The van der Waals surface area contributed by atoms with E-state index in [0.717, 1.165) is 6.42 Å². The summed E-state index contributed by atoms with van der Waals surface area (Å²) in [6.45, 7) is 6.83. The second-order valence-electron chi connectivity index (χ2n) is 8.52. The molecule has 26 heavy (non-hydrogen) atoms. The van der Waals surface area contributed by atoms with Crippen molar-refractivity contribution in [1.29, 1.82) is 0 Å². The Morgan fingerprint density at radius 2 is 1.23 bits per heavy atom. The highest BCUT2D eigenvalue weighted by Crippen LogP contribution is 2.32. The van der Waals surface area contributed by atoms with Crippen molar-refractivity contribution in [3.8, 4) is 0 Å². The van der Waals surface area contributed by atoms with Crippen molar-refractivity contribution in [2.24, 2.45) is 5.92 Å². The van der Waals surface area contributed by atoms with Gasteiger partial charge in [0.25, 0.3) is 0 Å². The molecule has 0 aromatic heterocycles. The molecule has 0 N–H and O–H groups in total. The number of unbranched alkanes of at least 4 members (excludes halogenated alkanes) is 11. The van der Waals surface area contributed by atoms with E-state index in [2.05, 4.69) is 51.1 Å². The van der Waals surface area contributed by atoms with Gasteiger partial charge in [-0.05, 0) is 31.2 Å². The first-order valence-corrected chi connectivity index (χ1v) is 11.7. The van der Waals surface area contributed by atoms with Crippen LogP contribution >= 0.6 is 11.6 Å². The van der Waals surface area contributed by atoms with Crippen molar-refractivity contribution >= 4 is 11.6 Å². The summed E-state index contributed by atoms with van der Waals surface area (Å²) >= 11 is 6.86. The van der Waals surface area contributed by atoms with E-state index in [9.17, 15) is 0 Å². The minimum absolute atomic E-state index is 0.126. The Morgan fingerprint density at radius 1 is 0.769 bits per heavy atom. The van der Waals surface area contributed by atoms with Crippen molar-refractivity contribution < 1.29 is 0 Å². The van der Waals surface area contributed by atoms with Crippen LogP contribution in [0.4, 0.5) is 0 Å². The zero-order chi connectivity index (χ0) is 19.1. The van der Waals surface area contributed by atoms with Crippen LogP contribution in [0.3, 0.4) is 0 Å². The number of benzene rings is 1. The fraction of sp³-hybridized carbons (Fsp3) is 0.760.